The molecule has 1 aromatic heterocycles. The van der Waals surface area contributed by atoms with Crippen molar-refractivity contribution in [1.82, 2.24) is 10.2 Å². The number of methoxy groups -OCH3 is 2. The largest absolute Gasteiger partial charge is 0.493 e. The molecule has 2 aromatic rings. The summed E-state index contributed by atoms with van der Waals surface area (Å²) in [6.07, 6.45) is 4.71. The van der Waals surface area contributed by atoms with Crippen molar-refractivity contribution in [1.29, 1.82) is 0 Å². The number of likely N-dealkylation sites (tertiary alicyclic amines) is 1. The Hall–Kier alpha value is -2.65. The van der Waals surface area contributed by atoms with Gasteiger partial charge in [0.2, 0.25) is 0 Å². The average molecular weight is 434 g/mol. The summed E-state index contributed by atoms with van der Waals surface area (Å²) in [4.78, 5) is 26.3. The summed E-state index contributed by atoms with van der Waals surface area (Å²) in [5.41, 5.74) is 0.800. The normalized spacial score (nSPS) is 15.8. The lowest BCUT2D eigenvalue weighted by atomic mass is 10.1. The van der Waals surface area contributed by atoms with Crippen LogP contribution < -0.4 is 14.8 Å². The summed E-state index contributed by atoms with van der Waals surface area (Å²) in [5, 5.41) is 18.6. The van der Waals surface area contributed by atoms with Gasteiger partial charge in [0.25, 0.3) is 11.6 Å². The van der Waals surface area contributed by atoms with Crippen LogP contribution in [0.25, 0.3) is 0 Å². The van der Waals surface area contributed by atoms with Gasteiger partial charge < -0.3 is 14.8 Å². The summed E-state index contributed by atoms with van der Waals surface area (Å²) >= 11 is 1.62. The molecule has 3 rings (SSSR count). The van der Waals surface area contributed by atoms with Gasteiger partial charge in [0.15, 0.2) is 11.5 Å². The monoisotopic (exact) mass is 433 g/mol. The van der Waals surface area contributed by atoms with Gasteiger partial charge in [-0.1, -0.05) is 12.8 Å². The molecule has 0 radical (unpaired) electrons. The van der Waals surface area contributed by atoms with Gasteiger partial charge in [0, 0.05) is 12.6 Å². The van der Waals surface area contributed by atoms with Crippen LogP contribution >= 0.6 is 11.3 Å². The predicted octanol–water partition coefficient (Wildman–Crippen LogP) is 4.02. The van der Waals surface area contributed by atoms with E-state index >= 15 is 0 Å². The number of amides is 1. The van der Waals surface area contributed by atoms with Crippen LogP contribution in [0.4, 0.5) is 5.69 Å². The SMILES string of the molecule is COc1cc(C(=O)NCC(c2ccsc2)N2CCCCCC2)c([N+](=O)[O-])cc1OC. The molecule has 1 unspecified atom stereocenters. The minimum Gasteiger partial charge on any atom is -0.493 e. The molecule has 0 aliphatic carbocycles. The van der Waals surface area contributed by atoms with E-state index in [0.717, 1.165) is 31.5 Å². The van der Waals surface area contributed by atoms with Crippen LogP contribution in [0.2, 0.25) is 0 Å². The number of nitro groups is 1. The van der Waals surface area contributed by atoms with Gasteiger partial charge in [0.1, 0.15) is 5.56 Å². The van der Waals surface area contributed by atoms with E-state index in [9.17, 15) is 14.9 Å². The Morgan fingerprint density at radius 2 is 1.87 bits per heavy atom. The number of nitro benzene ring substituents is 1. The maximum atomic E-state index is 12.9. The number of ether oxygens (including phenoxy) is 2. The highest BCUT2D eigenvalue weighted by Gasteiger charge is 2.27. The molecule has 0 spiro atoms. The van der Waals surface area contributed by atoms with Gasteiger partial charge in [0.05, 0.1) is 31.3 Å². The maximum Gasteiger partial charge on any atom is 0.286 e. The fourth-order valence-corrected chi connectivity index (χ4v) is 4.52. The first-order chi connectivity index (χ1) is 14.5. The lowest BCUT2D eigenvalue weighted by Gasteiger charge is -2.30. The third kappa shape index (κ3) is 5.09. The average Bonchev–Trinajstić information content (AvgIpc) is 3.15. The number of carbonyl (C=O) groups is 1. The Kier molecular flexibility index (Phi) is 7.64. The number of carbonyl (C=O) groups excluding carboxylic acids is 1. The van der Waals surface area contributed by atoms with Crippen molar-refractivity contribution < 1.29 is 19.2 Å². The first-order valence-corrected chi connectivity index (χ1v) is 10.9. The molecule has 8 nitrogen and oxygen atoms in total. The number of hydrogen-bond acceptors (Lipinski definition) is 7. The predicted molar refractivity (Wildman–Crippen MR) is 116 cm³/mol. The van der Waals surface area contributed by atoms with E-state index < -0.39 is 10.8 Å². The second-order valence-corrected chi connectivity index (χ2v) is 7.99. The third-order valence-corrected chi connectivity index (χ3v) is 6.11. The van der Waals surface area contributed by atoms with Crippen molar-refractivity contribution in [2.75, 3.05) is 33.9 Å². The van der Waals surface area contributed by atoms with Crippen molar-refractivity contribution in [2.45, 2.75) is 31.7 Å². The molecule has 1 aromatic carbocycles. The first-order valence-electron chi connectivity index (χ1n) is 10.00. The van der Waals surface area contributed by atoms with E-state index in [-0.39, 0.29) is 28.8 Å². The molecular weight excluding hydrogens is 406 g/mol. The molecule has 30 heavy (non-hydrogen) atoms. The smallest absolute Gasteiger partial charge is 0.286 e. The van der Waals surface area contributed by atoms with E-state index in [1.165, 1.54) is 39.2 Å². The van der Waals surface area contributed by atoms with Gasteiger partial charge in [-0.3, -0.25) is 19.8 Å². The Balaban J connectivity index is 1.82. The van der Waals surface area contributed by atoms with Gasteiger partial charge in [-0.2, -0.15) is 11.3 Å². The lowest BCUT2D eigenvalue weighted by Crippen LogP contribution is -2.38. The minimum atomic E-state index is -0.581. The van der Waals surface area contributed by atoms with Crippen molar-refractivity contribution >= 4 is 22.9 Å². The molecule has 1 aliphatic heterocycles. The zero-order valence-electron chi connectivity index (χ0n) is 17.3. The van der Waals surface area contributed by atoms with Crippen LogP contribution in [-0.4, -0.2) is 49.6 Å². The Labute approximate surface area is 179 Å². The zero-order valence-corrected chi connectivity index (χ0v) is 18.1. The number of nitrogens with one attached hydrogen (secondary N) is 1. The standard InChI is InChI=1S/C21H27N3O5S/c1-28-19-11-16(17(24(26)27)12-20(19)29-2)21(25)22-13-18(15-7-10-30-14-15)23-8-5-3-4-6-9-23/h7,10-12,14,18H,3-6,8-9,13H2,1-2H3,(H,22,25). The van der Waals surface area contributed by atoms with Crippen LogP contribution in [0, 0.1) is 10.1 Å². The van der Waals surface area contributed by atoms with Crippen molar-refractivity contribution in [3.63, 3.8) is 0 Å². The number of thiophene rings is 1. The summed E-state index contributed by atoms with van der Waals surface area (Å²) in [6.45, 7) is 2.33. The van der Waals surface area contributed by atoms with Crippen LogP contribution in [0.3, 0.4) is 0 Å². The van der Waals surface area contributed by atoms with E-state index in [1.54, 1.807) is 11.3 Å². The highest BCUT2D eigenvalue weighted by molar-refractivity contribution is 7.07. The molecule has 1 saturated heterocycles. The Bertz CT molecular complexity index is 864. The molecule has 1 fully saturated rings. The van der Waals surface area contributed by atoms with Crippen molar-refractivity contribution in [2.24, 2.45) is 0 Å². The molecule has 1 aliphatic rings. The Morgan fingerprint density at radius 3 is 2.43 bits per heavy atom. The van der Waals surface area contributed by atoms with Crippen molar-refractivity contribution in [3.8, 4) is 11.5 Å². The Morgan fingerprint density at radius 1 is 1.20 bits per heavy atom. The zero-order chi connectivity index (χ0) is 21.5. The molecule has 0 bridgehead atoms. The number of nitrogens with zero attached hydrogens (tertiary/aromatic N) is 2. The second kappa shape index (κ2) is 10.4. The third-order valence-electron chi connectivity index (χ3n) is 5.41. The number of hydrogen-bond donors (Lipinski definition) is 1. The maximum absolute atomic E-state index is 12.9. The van der Waals surface area contributed by atoms with Crippen molar-refractivity contribution in [3.05, 3.63) is 50.2 Å². The highest BCUT2D eigenvalue weighted by Crippen LogP contribution is 2.34. The van der Waals surface area contributed by atoms with Gasteiger partial charge >= 0.3 is 0 Å². The fourth-order valence-electron chi connectivity index (χ4n) is 3.81. The molecule has 0 saturated carbocycles. The number of rotatable bonds is 8. The van der Waals surface area contributed by atoms with E-state index in [2.05, 4.69) is 21.7 Å². The van der Waals surface area contributed by atoms with Crippen LogP contribution in [0.15, 0.2) is 29.0 Å². The van der Waals surface area contributed by atoms with Crippen LogP contribution in [-0.2, 0) is 0 Å². The van der Waals surface area contributed by atoms with Gasteiger partial charge in [-0.15, -0.1) is 0 Å². The van der Waals surface area contributed by atoms with Gasteiger partial charge in [-0.25, -0.2) is 0 Å². The summed E-state index contributed by atoms with van der Waals surface area (Å²) < 4.78 is 10.4. The van der Waals surface area contributed by atoms with E-state index in [4.69, 9.17) is 9.47 Å². The minimum absolute atomic E-state index is 0.0394. The molecule has 9 heteroatoms. The lowest BCUT2D eigenvalue weighted by molar-refractivity contribution is -0.385. The first kappa shape index (κ1) is 22.0. The fraction of sp³-hybridized carbons (Fsp3) is 0.476. The molecule has 2 heterocycles. The molecule has 1 N–H and O–H groups in total. The molecular formula is C21H27N3O5S. The van der Waals surface area contributed by atoms with Gasteiger partial charge in [-0.05, 0) is 48.3 Å². The second-order valence-electron chi connectivity index (χ2n) is 7.21. The van der Waals surface area contributed by atoms with E-state index in [1.807, 2.05) is 5.38 Å². The molecule has 162 valence electrons. The summed E-state index contributed by atoms with van der Waals surface area (Å²) in [7, 11) is 2.82. The summed E-state index contributed by atoms with van der Waals surface area (Å²) in [6, 6.07) is 4.69. The topological polar surface area (TPSA) is 93.9 Å². The summed E-state index contributed by atoms with van der Waals surface area (Å²) in [5.74, 6) is -0.0191. The molecule has 1 atom stereocenters. The number of benzene rings is 1. The quantitative estimate of drug-likeness (QED) is 0.499. The van der Waals surface area contributed by atoms with E-state index in [0.29, 0.717) is 6.54 Å². The van der Waals surface area contributed by atoms with Crippen LogP contribution in [0.1, 0.15) is 47.6 Å². The molecule has 1 amide bonds. The highest BCUT2D eigenvalue weighted by atomic mass is 32.1. The van der Waals surface area contributed by atoms with Crippen LogP contribution in [0.5, 0.6) is 11.5 Å².